The van der Waals surface area contributed by atoms with E-state index in [1.54, 1.807) is 28.8 Å². The van der Waals surface area contributed by atoms with E-state index >= 15 is 0 Å². The molecule has 2 aromatic rings. The molecule has 1 atom stereocenters. The normalized spacial score (nSPS) is 20.3. The minimum atomic E-state index is -0.336. The summed E-state index contributed by atoms with van der Waals surface area (Å²) in [5.41, 5.74) is 0.650. The van der Waals surface area contributed by atoms with Gasteiger partial charge in [-0.25, -0.2) is 9.37 Å². The van der Waals surface area contributed by atoms with Gasteiger partial charge in [0.15, 0.2) is 0 Å². The Hall–Kier alpha value is -2.41. The molecular formula is C22H24FN3O2S. The van der Waals surface area contributed by atoms with Crippen molar-refractivity contribution < 1.29 is 14.0 Å². The van der Waals surface area contributed by atoms with Crippen molar-refractivity contribution in [2.45, 2.75) is 24.3 Å². The Labute approximate surface area is 174 Å². The van der Waals surface area contributed by atoms with E-state index in [4.69, 9.17) is 0 Å². The van der Waals surface area contributed by atoms with Crippen LogP contribution in [0.1, 0.15) is 19.3 Å². The van der Waals surface area contributed by atoms with Gasteiger partial charge in [0.25, 0.3) is 0 Å². The second-order valence-electron chi connectivity index (χ2n) is 7.63. The maximum Gasteiger partial charge on any atom is 0.228 e. The van der Waals surface area contributed by atoms with Crippen molar-refractivity contribution in [1.82, 2.24) is 9.88 Å². The maximum atomic E-state index is 13.1. The summed E-state index contributed by atoms with van der Waals surface area (Å²) in [5, 5.41) is 1.04. The summed E-state index contributed by atoms with van der Waals surface area (Å²) in [6.07, 6.45) is 4.00. The van der Waals surface area contributed by atoms with Crippen LogP contribution in [0.25, 0.3) is 0 Å². The molecule has 0 N–H and O–H groups in total. The van der Waals surface area contributed by atoms with Crippen molar-refractivity contribution in [3.63, 3.8) is 0 Å². The molecule has 29 heavy (non-hydrogen) atoms. The van der Waals surface area contributed by atoms with Crippen molar-refractivity contribution in [3.05, 3.63) is 54.5 Å². The fourth-order valence-corrected chi connectivity index (χ4v) is 5.01. The number of likely N-dealkylation sites (tertiary alicyclic amines) is 1. The highest BCUT2D eigenvalue weighted by molar-refractivity contribution is 7.99. The lowest BCUT2D eigenvalue weighted by Crippen LogP contribution is -2.42. The highest BCUT2D eigenvalue weighted by atomic mass is 32.2. The number of carbonyl (C=O) groups excluding carboxylic acids is 2. The zero-order valence-electron chi connectivity index (χ0n) is 16.2. The SMILES string of the molecule is O=C(C1CC(=O)N(c2ccc(F)cc2)C1)N1CCC(CSc2ccccn2)CC1. The highest BCUT2D eigenvalue weighted by Gasteiger charge is 2.38. The fourth-order valence-electron chi connectivity index (χ4n) is 3.96. The molecule has 1 aromatic heterocycles. The summed E-state index contributed by atoms with van der Waals surface area (Å²) in [6.45, 7) is 1.86. The van der Waals surface area contributed by atoms with E-state index in [1.807, 2.05) is 29.3 Å². The number of piperidine rings is 1. The van der Waals surface area contributed by atoms with E-state index in [0.717, 1.165) is 36.7 Å². The predicted molar refractivity (Wildman–Crippen MR) is 111 cm³/mol. The molecule has 0 spiro atoms. The smallest absolute Gasteiger partial charge is 0.228 e. The second-order valence-corrected chi connectivity index (χ2v) is 8.67. The van der Waals surface area contributed by atoms with Crippen LogP contribution in [0, 0.1) is 17.7 Å². The lowest BCUT2D eigenvalue weighted by atomic mass is 9.97. The summed E-state index contributed by atoms with van der Waals surface area (Å²) < 4.78 is 13.1. The van der Waals surface area contributed by atoms with E-state index in [1.165, 1.54) is 12.1 Å². The topological polar surface area (TPSA) is 53.5 Å². The highest BCUT2D eigenvalue weighted by Crippen LogP contribution is 2.29. The lowest BCUT2D eigenvalue weighted by molar-refractivity contribution is -0.137. The summed E-state index contributed by atoms with van der Waals surface area (Å²) in [5.74, 6) is 0.936. The first-order valence-corrected chi connectivity index (χ1v) is 11.0. The van der Waals surface area contributed by atoms with Crippen LogP contribution in [-0.4, -0.2) is 47.1 Å². The van der Waals surface area contributed by atoms with Crippen LogP contribution in [-0.2, 0) is 9.59 Å². The number of halogens is 1. The zero-order valence-corrected chi connectivity index (χ0v) is 17.0. The molecule has 0 aliphatic carbocycles. The van der Waals surface area contributed by atoms with Gasteiger partial charge in [-0.05, 0) is 55.2 Å². The average Bonchev–Trinajstić information content (AvgIpc) is 3.15. The minimum Gasteiger partial charge on any atom is -0.342 e. The third-order valence-corrected chi connectivity index (χ3v) is 6.82. The molecule has 2 amide bonds. The molecule has 0 radical (unpaired) electrons. The summed E-state index contributed by atoms with van der Waals surface area (Å²) in [4.78, 5) is 33.2. The molecule has 152 valence electrons. The van der Waals surface area contributed by atoms with Gasteiger partial charge in [-0.15, -0.1) is 11.8 Å². The fraction of sp³-hybridized carbons (Fsp3) is 0.409. The Kier molecular flexibility index (Phi) is 6.13. The molecule has 2 aliphatic rings. The van der Waals surface area contributed by atoms with E-state index in [-0.39, 0.29) is 30.0 Å². The number of benzene rings is 1. The van der Waals surface area contributed by atoms with Crippen LogP contribution in [0.15, 0.2) is 53.7 Å². The first-order chi connectivity index (χ1) is 14.1. The van der Waals surface area contributed by atoms with Crippen LogP contribution in [0.2, 0.25) is 0 Å². The maximum absolute atomic E-state index is 13.1. The lowest BCUT2D eigenvalue weighted by Gasteiger charge is -2.33. The second kappa shape index (κ2) is 8.95. The van der Waals surface area contributed by atoms with Gasteiger partial charge in [0.1, 0.15) is 5.82 Å². The quantitative estimate of drug-likeness (QED) is 0.703. The van der Waals surface area contributed by atoms with Crippen LogP contribution in [0.4, 0.5) is 10.1 Å². The molecule has 4 rings (SSSR count). The Morgan fingerprint density at radius 1 is 1.14 bits per heavy atom. The van der Waals surface area contributed by atoms with Gasteiger partial charge >= 0.3 is 0 Å². The molecule has 1 aromatic carbocycles. The standard InChI is InChI=1S/C22H24FN3O2S/c23-18-4-6-19(7-5-18)26-14-17(13-21(26)27)22(28)25-11-8-16(9-12-25)15-29-20-3-1-2-10-24-20/h1-7,10,16-17H,8-9,11-15H2. The zero-order chi connectivity index (χ0) is 20.2. The van der Waals surface area contributed by atoms with Crippen molar-refractivity contribution in [2.75, 3.05) is 30.3 Å². The number of pyridine rings is 1. The van der Waals surface area contributed by atoms with Gasteiger partial charge in [-0.1, -0.05) is 6.07 Å². The number of hydrogen-bond acceptors (Lipinski definition) is 4. The van der Waals surface area contributed by atoms with Gasteiger partial charge in [-0.2, -0.15) is 0 Å². The number of thioether (sulfide) groups is 1. The van der Waals surface area contributed by atoms with E-state index in [2.05, 4.69) is 4.98 Å². The molecule has 2 aliphatic heterocycles. The van der Waals surface area contributed by atoms with Crippen LogP contribution >= 0.6 is 11.8 Å². The molecule has 0 saturated carbocycles. The number of amides is 2. The van der Waals surface area contributed by atoms with Crippen molar-refractivity contribution in [1.29, 1.82) is 0 Å². The summed E-state index contributed by atoms with van der Waals surface area (Å²) in [6, 6.07) is 11.8. The number of rotatable bonds is 5. The Bertz CT molecular complexity index is 854. The minimum absolute atomic E-state index is 0.0683. The molecule has 5 nitrogen and oxygen atoms in total. The number of hydrogen-bond donors (Lipinski definition) is 0. The van der Waals surface area contributed by atoms with Gasteiger partial charge in [0.05, 0.1) is 10.9 Å². The van der Waals surface area contributed by atoms with Crippen molar-refractivity contribution >= 4 is 29.3 Å². The van der Waals surface area contributed by atoms with E-state index in [0.29, 0.717) is 18.2 Å². The van der Waals surface area contributed by atoms with Gasteiger partial charge < -0.3 is 9.80 Å². The Morgan fingerprint density at radius 3 is 2.59 bits per heavy atom. The molecule has 3 heterocycles. The first-order valence-electron chi connectivity index (χ1n) is 9.98. The largest absolute Gasteiger partial charge is 0.342 e. The molecular weight excluding hydrogens is 389 g/mol. The van der Waals surface area contributed by atoms with Gasteiger partial charge in [0, 0.05) is 43.7 Å². The summed E-state index contributed by atoms with van der Waals surface area (Å²) in [7, 11) is 0. The third kappa shape index (κ3) is 4.78. The van der Waals surface area contributed by atoms with Gasteiger partial charge in [0.2, 0.25) is 11.8 Å². The van der Waals surface area contributed by atoms with Crippen LogP contribution < -0.4 is 4.90 Å². The molecule has 1 unspecified atom stereocenters. The van der Waals surface area contributed by atoms with Crippen LogP contribution in [0.5, 0.6) is 0 Å². The molecule has 0 bridgehead atoms. The molecule has 2 saturated heterocycles. The number of carbonyl (C=O) groups is 2. The number of nitrogens with zero attached hydrogens (tertiary/aromatic N) is 3. The van der Waals surface area contributed by atoms with E-state index in [9.17, 15) is 14.0 Å². The summed E-state index contributed by atoms with van der Waals surface area (Å²) >= 11 is 1.77. The van der Waals surface area contributed by atoms with Crippen LogP contribution in [0.3, 0.4) is 0 Å². The monoisotopic (exact) mass is 413 g/mol. The van der Waals surface area contributed by atoms with Crippen molar-refractivity contribution in [3.8, 4) is 0 Å². The third-order valence-electron chi connectivity index (χ3n) is 5.64. The first kappa shape index (κ1) is 19.9. The number of aromatic nitrogens is 1. The van der Waals surface area contributed by atoms with Crippen molar-refractivity contribution in [2.24, 2.45) is 11.8 Å². The Balaban J connectivity index is 1.27. The van der Waals surface area contributed by atoms with E-state index < -0.39 is 0 Å². The molecule has 7 heteroatoms. The predicted octanol–water partition coefficient (Wildman–Crippen LogP) is 3.60. The Morgan fingerprint density at radius 2 is 1.90 bits per heavy atom. The average molecular weight is 414 g/mol. The molecule has 2 fully saturated rings. The number of anilines is 1. The van der Waals surface area contributed by atoms with Gasteiger partial charge in [-0.3, -0.25) is 9.59 Å².